The molecule has 3 nitrogen and oxygen atoms in total. The second-order valence-electron chi connectivity index (χ2n) is 8.48. The van der Waals surface area contributed by atoms with Gasteiger partial charge in [0, 0.05) is 13.1 Å². The summed E-state index contributed by atoms with van der Waals surface area (Å²) in [6.07, 6.45) is 8.36. The molecule has 21 heavy (non-hydrogen) atoms. The summed E-state index contributed by atoms with van der Waals surface area (Å²) in [4.78, 5) is 2.26. The van der Waals surface area contributed by atoms with E-state index in [0.717, 1.165) is 37.5 Å². The van der Waals surface area contributed by atoms with Gasteiger partial charge in [0.05, 0.1) is 18.8 Å². The quantitative estimate of drug-likeness (QED) is 0.784. The largest absolute Gasteiger partial charge is 0.391 e. The van der Waals surface area contributed by atoms with E-state index in [0.29, 0.717) is 6.10 Å². The van der Waals surface area contributed by atoms with Gasteiger partial charge in [0.15, 0.2) is 0 Å². The number of likely N-dealkylation sites (N-methyl/N-ethyl adjacent to an activating group) is 1. The number of nitrogens with zero attached hydrogens (tertiary/aromatic N) is 1. The molecule has 1 unspecified atom stereocenters. The molecule has 122 valence electrons. The van der Waals surface area contributed by atoms with E-state index in [1.54, 1.807) is 0 Å². The van der Waals surface area contributed by atoms with Crippen molar-refractivity contribution in [2.75, 3.05) is 26.7 Å². The third-order valence-corrected chi connectivity index (χ3v) is 6.20. The van der Waals surface area contributed by atoms with Gasteiger partial charge in [-0.1, -0.05) is 0 Å². The monoisotopic (exact) mass is 295 g/mol. The van der Waals surface area contributed by atoms with Crippen molar-refractivity contribution in [3.8, 4) is 0 Å². The maximum atomic E-state index is 10.9. The van der Waals surface area contributed by atoms with E-state index in [-0.39, 0.29) is 11.5 Å². The molecule has 4 fully saturated rings. The van der Waals surface area contributed by atoms with Gasteiger partial charge in [0.25, 0.3) is 0 Å². The van der Waals surface area contributed by atoms with Crippen LogP contribution in [-0.4, -0.2) is 49.0 Å². The molecule has 4 bridgehead atoms. The third-order valence-electron chi connectivity index (χ3n) is 6.20. The molecule has 0 spiro atoms. The van der Waals surface area contributed by atoms with Crippen LogP contribution in [0.2, 0.25) is 0 Å². The van der Waals surface area contributed by atoms with E-state index in [9.17, 15) is 5.11 Å². The first-order valence-corrected chi connectivity index (χ1v) is 8.95. The molecule has 1 N–H and O–H groups in total. The summed E-state index contributed by atoms with van der Waals surface area (Å²) in [6.45, 7) is 6.64. The van der Waals surface area contributed by atoms with Gasteiger partial charge in [-0.3, -0.25) is 0 Å². The van der Waals surface area contributed by atoms with Crippen LogP contribution >= 0.6 is 0 Å². The predicted molar refractivity (Wildman–Crippen MR) is 85.2 cm³/mol. The van der Waals surface area contributed by atoms with Crippen molar-refractivity contribution in [3.63, 3.8) is 0 Å². The molecule has 4 aliphatic rings. The van der Waals surface area contributed by atoms with Gasteiger partial charge in [-0.2, -0.15) is 0 Å². The Morgan fingerprint density at radius 2 is 1.62 bits per heavy atom. The van der Waals surface area contributed by atoms with Crippen LogP contribution in [0.15, 0.2) is 0 Å². The lowest BCUT2D eigenvalue weighted by Gasteiger charge is -2.58. The molecule has 0 aromatic carbocycles. The van der Waals surface area contributed by atoms with Crippen LogP contribution in [0.1, 0.15) is 52.4 Å². The standard InChI is InChI=1S/C18H33NO2/c1-13(2)21-5-4-19(3)12-17(20)18-9-14-6-15(10-18)8-16(7-14)11-18/h13-17,20H,4-12H2,1-3H3. The lowest BCUT2D eigenvalue weighted by molar-refractivity contribution is -0.126. The average molecular weight is 295 g/mol. The minimum absolute atomic E-state index is 0.144. The molecular formula is C18H33NO2. The molecule has 1 atom stereocenters. The zero-order valence-electron chi connectivity index (χ0n) is 14.1. The van der Waals surface area contributed by atoms with Crippen molar-refractivity contribution in [1.82, 2.24) is 4.90 Å². The molecule has 4 saturated carbocycles. The first-order chi connectivity index (χ1) is 9.97. The maximum absolute atomic E-state index is 10.9. The number of ether oxygens (including phenoxy) is 1. The van der Waals surface area contributed by atoms with Crippen molar-refractivity contribution in [1.29, 1.82) is 0 Å². The van der Waals surface area contributed by atoms with E-state index < -0.39 is 0 Å². The third kappa shape index (κ3) is 3.46. The van der Waals surface area contributed by atoms with Crippen LogP contribution in [0.4, 0.5) is 0 Å². The molecule has 0 amide bonds. The van der Waals surface area contributed by atoms with E-state index in [1.807, 2.05) is 0 Å². The molecular weight excluding hydrogens is 262 g/mol. The highest BCUT2D eigenvalue weighted by Gasteiger charge is 2.53. The van der Waals surface area contributed by atoms with Gasteiger partial charge in [-0.25, -0.2) is 0 Å². The molecule has 3 heteroatoms. The molecule has 0 saturated heterocycles. The molecule has 4 aliphatic carbocycles. The molecule has 0 aromatic rings. The van der Waals surface area contributed by atoms with Crippen molar-refractivity contribution in [2.24, 2.45) is 23.2 Å². The summed E-state index contributed by atoms with van der Waals surface area (Å²) in [7, 11) is 2.12. The Hall–Kier alpha value is -0.120. The molecule has 0 heterocycles. The Balaban J connectivity index is 1.52. The summed E-state index contributed by atoms with van der Waals surface area (Å²) in [6, 6.07) is 0. The van der Waals surface area contributed by atoms with Crippen molar-refractivity contribution in [2.45, 2.75) is 64.6 Å². The van der Waals surface area contributed by atoms with Gasteiger partial charge in [-0.15, -0.1) is 0 Å². The van der Waals surface area contributed by atoms with Crippen LogP contribution in [-0.2, 0) is 4.74 Å². The van der Waals surface area contributed by atoms with Gasteiger partial charge < -0.3 is 14.7 Å². The topological polar surface area (TPSA) is 32.7 Å². The SMILES string of the molecule is CC(C)OCCN(C)CC(O)C12CC3CC(CC(C3)C1)C2. The predicted octanol–water partition coefficient (Wildman–Crippen LogP) is 2.92. The second-order valence-corrected chi connectivity index (χ2v) is 8.48. The summed E-state index contributed by atoms with van der Waals surface area (Å²) in [5.74, 6) is 2.75. The van der Waals surface area contributed by atoms with Crippen molar-refractivity contribution in [3.05, 3.63) is 0 Å². The normalized spacial score (nSPS) is 39.4. The highest BCUT2D eigenvalue weighted by molar-refractivity contribution is 5.04. The Labute approximate surface area is 130 Å². The Kier molecular flexibility index (Phi) is 4.63. The Bertz CT molecular complexity index is 320. The fourth-order valence-electron chi connectivity index (χ4n) is 5.61. The summed E-state index contributed by atoms with van der Waals surface area (Å²) >= 11 is 0. The van der Waals surface area contributed by atoms with Crippen LogP contribution in [0.3, 0.4) is 0 Å². The highest BCUT2D eigenvalue weighted by atomic mass is 16.5. The Morgan fingerprint density at radius 1 is 1.10 bits per heavy atom. The summed E-state index contributed by atoms with van der Waals surface area (Å²) in [5.41, 5.74) is 0.252. The number of aliphatic hydroxyl groups is 1. The van der Waals surface area contributed by atoms with Crippen molar-refractivity contribution >= 4 is 0 Å². The van der Waals surface area contributed by atoms with Gasteiger partial charge in [-0.05, 0) is 82.6 Å². The van der Waals surface area contributed by atoms with Gasteiger partial charge in [0.2, 0.25) is 0 Å². The summed E-state index contributed by atoms with van der Waals surface area (Å²) < 4.78 is 5.62. The maximum Gasteiger partial charge on any atom is 0.0723 e. The van der Waals surface area contributed by atoms with Crippen LogP contribution < -0.4 is 0 Å². The lowest BCUT2D eigenvalue weighted by Crippen LogP contribution is -2.54. The Morgan fingerprint density at radius 3 is 2.10 bits per heavy atom. The van der Waals surface area contributed by atoms with E-state index in [2.05, 4.69) is 25.8 Å². The fraction of sp³-hybridized carbons (Fsp3) is 1.00. The first-order valence-electron chi connectivity index (χ1n) is 8.95. The van der Waals surface area contributed by atoms with Gasteiger partial charge in [0.1, 0.15) is 0 Å². The number of rotatable bonds is 7. The van der Waals surface area contributed by atoms with Crippen molar-refractivity contribution < 1.29 is 9.84 Å². The highest BCUT2D eigenvalue weighted by Crippen LogP contribution is 2.61. The van der Waals surface area contributed by atoms with Crippen LogP contribution in [0, 0.1) is 23.2 Å². The van der Waals surface area contributed by atoms with Crippen LogP contribution in [0.25, 0.3) is 0 Å². The average Bonchev–Trinajstić information content (AvgIpc) is 2.36. The zero-order chi connectivity index (χ0) is 15.0. The minimum atomic E-state index is -0.144. The summed E-state index contributed by atoms with van der Waals surface area (Å²) in [5, 5.41) is 10.9. The second kappa shape index (κ2) is 6.17. The number of aliphatic hydroxyl groups excluding tert-OH is 1. The zero-order valence-corrected chi connectivity index (χ0v) is 14.1. The fourth-order valence-corrected chi connectivity index (χ4v) is 5.61. The van der Waals surface area contributed by atoms with E-state index in [1.165, 1.54) is 38.5 Å². The van der Waals surface area contributed by atoms with E-state index >= 15 is 0 Å². The van der Waals surface area contributed by atoms with E-state index in [4.69, 9.17) is 4.74 Å². The van der Waals surface area contributed by atoms with Gasteiger partial charge >= 0.3 is 0 Å². The number of hydrogen-bond donors (Lipinski definition) is 1. The minimum Gasteiger partial charge on any atom is -0.391 e. The first kappa shape index (κ1) is 15.8. The molecule has 0 aliphatic heterocycles. The lowest BCUT2D eigenvalue weighted by atomic mass is 9.48. The molecule has 0 radical (unpaired) electrons. The smallest absolute Gasteiger partial charge is 0.0723 e. The van der Waals surface area contributed by atoms with Crippen LogP contribution in [0.5, 0.6) is 0 Å². The molecule has 4 rings (SSSR count). The molecule has 0 aromatic heterocycles. The number of hydrogen-bond acceptors (Lipinski definition) is 3.